The Balaban J connectivity index is 0.000000217. The van der Waals surface area contributed by atoms with Gasteiger partial charge in [-0.05, 0) is 123 Å². The molecule has 16 heteroatoms. The molecule has 2 heterocycles. The van der Waals surface area contributed by atoms with Crippen LogP contribution in [0.2, 0.25) is 0 Å². The number of rotatable bonds is 20. The van der Waals surface area contributed by atoms with Gasteiger partial charge in [-0.1, -0.05) is 218 Å². The second kappa shape index (κ2) is 29.7. The molecule has 1 aliphatic heterocycles. The lowest BCUT2D eigenvalue weighted by atomic mass is 9.84. The van der Waals surface area contributed by atoms with Crippen LogP contribution < -0.4 is 41.1 Å². The number of hydrogen-bond acceptors (Lipinski definition) is 12. The van der Waals surface area contributed by atoms with Crippen molar-refractivity contribution in [2.45, 2.75) is 138 Å². The second-order valence-corrected chi connectivity index (χ2v) is 29.7. The van der Waals surface area contributed by atoms with Crippen LogP contribution in [0.4, 0.5) is 0 Å². The molecule has 3 atom stereocenters. The first-order valence-electron chi connectivity index (χ1n) is 31.5. The van der Waals surface area contributed by atoms with Crippen LogP contribution in [0.25, 0.3) is 44.2 Å². The van der Waals surface area contributed by atoms with E-state index in [1.807, 2.05) is 133 Å². The quantitative estimate of drug-likeness (QED) is 0.0534. The zero-order chi connectivity index (χ0) is 66.2. The molecule has 0 amide bonds. The Morgan fingerprint density at radius 3 is 1.40 bits per heavy atom. The number of methoxy groups -OCH3 is 2. The molecule has 0 fully saturated rings. The standard InChI is InChI=1S/C46H54O7P2.C31H32O5P2/c1-28(2)32-20-17-21-33(29(3)4)42(32)50-54-49-40-22-15-13-18-34(40)35-19-14-16-23-41(35)51-55-52-43-36(24-30(47-11)26-38(43)45(5,6)7)37-25-31(48-12)27-39(44(37)53-55)46(8,9)10;1-5-22-11-10-12-23(19-22)21-32-37-33-27-15-8-6-13-25(27)26-14-7-9-16-28(26)34-38-35-29-18-17-24(31(2,3)4)20-30(29)36-38/h13-29,54H,1-12H3;6-20,37H,5,21H2,1-4H3. The van der Waals surface area contributed by atoms with E-state index >= 15 is 0 Å². The van der Waals surface area contributed by atoms with E-state index in [0.717, 1.165) is 79.1 Å². The first-order chi connectivity index (χ1) is 44.5. The third-order valence-corrected chi connectivity index (χ3v) is 19.1. The van der Waals surface area contributed by atoms with Gasteiger partial charge in [-0.25, -0.2) is 0 Å². The average Bonchev–Trinajstić information content (AvgIpc) is 1.71. The lowest BCUT2D eigenvalue weighted by Gasteiger charge is -2.21. The van der Waals surface area contributed by atoms with Crippen LogP contribution in [0.3, 0.4) is 0 Å². The van der Waals surface area contributed by atoms with Crippen molar-refractivity contribution in [3.63, 3.8) is 0 Å². The molecule has 1 aromatic heterocycles. The SMILES string of the molecule is CCc1cccc(COPOc2ccccc2-c2ccccc2OP2Oc3ccc(C(C)(C)C)cc3O2)c1.COc1cc(C(C)(C)C)c2op(Oc3ccccc3-c3ccccc3OPOc3c(C(C)C)cccc3C(C)C)oc3c(C(C)(C)C)cc(OC)cc3c2c1. The molecule has 0 bridgehead atoms. The highest BCUT2D eigenvalue weighted by Crippen LogP contribution is 2.56. The molecule has 0 saturated carbocycles. The molecule has 9 aromatic carbocycles. The summed E-state index contributed by atoms with van der Waals surface area (Å²) in [5.74, 6) is 7.07. The Morgan fingerprint density at radius 2 is 0.903 bits per heavy atom. The van der Waals surface area contributed by atoms with Crippen LogP contribution in [0.15, 0.2) is 190 Å². The highest BCUT2D eigenvalue weighted by Gasteiger charge is 2.33. The molecular weight excluding hydrogens is 1240 g/mol. The van der Waals surface area contributed by atoms with E-state index < -0.39 is 16.8 Å². The molecule has 10 aromatic rings. The van der Waals surface area contributed by atoms with Crippen LogP contribution in [-0.4, -0.2) is 14.2 Å². The van der Waals surface area contributed by atoms with E-state index in [9.17, 15) is 0 Å². The van der Waals surface area contributed by atoms with Crippen LogP contribution >= 0.6 is 34.9 Å². The van der Waals surface area contributed by atoms with Crippen LogP contribution in [0, 0.1) is 0 Å². The molecule has 0 saturated heterocycles. The lowest BCUT2D eigenvalue weighted by Crippen LogP contribution is -2.12. The van der Waals surface area contributed by atoms with Gasteiger partial charge in [0.05, 0.1) is 20.8 Å². The summed E-state index contributed by atoms with van der Waals surface area (Å²) >= 11 is 0. The normalized spacial score (nSPS) is 13.2. The molecule has 0 radical (unpaired) electrons. The van der Waals surface area contributed by atoms with Crippen molar-refractivity contribution in [1.29, 1.82) is 0 Å². The third-order valence-electron chi connectivity index (χ3n) is 15.9. The number of ether oxygens (including phenoxy) is 2. The minimum Gasteiger partial charge on any atom is -0.497 e. The number of para-hydroxylation sites is 5. The first kappa shape index (κ1) is 68.2. The lowest BCUT2D eigenvalue weighted by molar-refractivity contribution is 0.319. The van der Waals surface area contributed by atoms with Crippen molar-refractivity contribution in [3.8, 4) is 74.0 Å². The summed E-state index contributed by atoms with van der Waals surface area (Å²) in [7, 11) is -0.670. The van der Waals surface area contributed by atoms with Crippen molar-refractivity contribution < 1.29 is 54.1 Å². The van der Waals surface area contributed by atoms with Crippen molar-refractivity contribution in [2.24, 2.45) is 0 Å². The van der Waals surface area contributed by atoms with Crippen LogP contribution in [-0.2, 0) is 33.8 Å². The smallest absolute Gasteiger partial charge is 0.497 e. The monoisotopic (exact) mass is 1330 g/mol. The van der Waals surface area contributed by atoms with Gasteiger partial charge in [0.1, 0.15) is 51.4 Å². The highest BCUT2D eigenvalue weighted by molar-refractivity contribution is 7.43. The molecule has 0 N–H and O–H groups in total. The summed E-state index contributed by atoms with van der Waals surface area (Å²) in [6.45, 7) is 30.9. The van der Waals surface area contributed by atoms with E-state index in [0.29, 0.717) is 58.4 Å². The fraction of sp³-hybridized carbons (Fsp3) is 0.299. The second-order valence-electron chi connectivity index (χ2n) is 26.5. The maximum absolute atomic E-state index is 6.91. The van der Waals surface area contributed by atoms with Gasteiger partial charge in [0, 0.05) is 44.2 Å². The molecule has 1 aliphatic rings. The molecule has 93 heavy (non-hydrogen) atoms. The molecule has 12 nitrogen and oxygen atoms in total. The average molecular weight is 1330 g/mol. The van der Waals surface area contributed by atoms with Gasteiger partial charge >= 0.3 is 16.8 Å². The van der Waals surface area contributed by atoms with Gasteiger partial charge in [-0.3, -0.25) is 0 Å². The molecule has 0 spiro atoms. The minimum atomic E-state index is -2.03. The molecule has 486 valence electrons. The number of hydrogen-bond donors (Lipinski definition) is 0. The molecule has 0 aliphatic carbocycles. The van der Waals surface area contributed by atoms with Gasteiger partial charge in [-0.15, -0.1) is 0 Å². The summed E-state index contributed by atoms with van der Waals surface area (Å²) in [6.07, 6.45) is 1.00. The third kappa shape index (κ3) is 16.5. The number of fused-ring (bicyclic) bond motifs is 4. The van der Waals surface area contributed by atoms with Gasteiger partial charge in [0.25, 0.3) is 9.03 Å². The predicted molar refractivity (Wildman–Crippen MR) is 384 cm³/mol. The summed E-state index contributed by atoms with van der Waals surface area (Å²) in [5, 5.41) is 1.70. The first-order valence-corrected chi connectivity index (χ1v) is 35.3. The van der Waals surface area contributed by atoms with Crippen LogP contribution in [0.5, 0.6) is 51.7 Å². The molecule has 11 rings (SSSR count). The predicted octanol–water partition coefficient (Wildman–Crippen LogP) is 24.0. The van der Waals surface area contributed by atoms with Crippen LogP contribution in [0.1, 0.15) is 148 Å². The number of benzene rings is 9. The minimum absolute atomic E-state index is 0.0187. The molecule has 3 unspecified atom stereocenters. The fourth-order valence-electron chi connectivity index (χ4n) is 10.8. The maximum atomic E-state index is 6.91. The summed E-state index contributed by atoms with van der Waals surface area (Å²) in [4.78, 5) is 0. The summed E-state index contributed by atoms with van der Waals surface area (Å²) in [5.41, 5.74) is 12.2. The van der Waals surface area contributed by atoms with Crippen molar-refractivity contribution >= 4 is 56.9 Å². The Kier molecular flexibility index (Phi) is 21.8. The van der Waals surface area contributed by atoms with Gasteiger partial charge < -0.3 is 54.1 Å². The Bertz CT molecular complexity index is 4160. The van der Waals surface area contributed by atoms with Gasteiger partial charge in [0.15, 0.2) is 11.5 Å². The van der Waals surface area contributed by atoms with Gasteiger partial charge in [-0.2, -0.15) is 0 Å². The topological polar surface area (TPSA) is 119 Å². The fourth-order valence-corrected chi connectivity index (χ4v) is 14.1. The zero-order valence-electron chi connectivity index (χ0n) is 56.2. The molecular formula is C77H86O12P4. The van der Waals surface area contributed by atoms with E-state index in [1.165, 1.54) is 22.3 Å². The maximum Gasteiger partial charge on any atom is 0.530 e. The van der Waals surface area contributed by atoms with E-state index in [1.54, 1.807) is 14.2 Å². The Morgan fingerprint density at radius 1 is 0.441 bits per heavy atom. The summed E-state index contributed by atoms with van der Waals surface area (Å²) < 4.78 is 75.5. The number of aryl methyl sites for hydroxylation is 1. The van der Waals surface area contributed by atoms with Crippen molar-refractivity contribution in [2.75, 3.05) is 14.2 Å². The van der Waals surface area contributed by atoms with E-state index in [-0.39, 0.29) is 34.3 Å². The Hall–Kier alpha value is -7.67. The highest BCUT2D eigenvalue weighted by atomic mass is 31.2. The van der Waals surface area contributed by atoms with E-state index in [2.05, 4.69) is 145 Å². The van der Waals surface area contributed by atoms with E-state index in [4.69, 9.17) is 54.1 Å². The Labute approximate surface area is 555 Å². The summed E-state index contributed by atoms with van der Waals surface area (Å²) in [6, 6.07) is 60.6. The largest absolute Gasteiger partial charge is 0.530 e. The van der Waals surface area contributed by atoms with Crippen molar-refractivity contribution in [1.82, 2.24) is 0 Å². The van der Waals surface area contributed by atoms with Gasteiger partial charge in [0.2, 0.25) is 9.03 Å². The zero-order valence-corrected chi connectivity index (χ0v) is 60.0. The van der Waals surface area contributed by atoms with Crippen molar-refractivity contribution in [3.05, 3.63) is 221 Å².